The maximum absolute atomic E-state index is 5.42. The lowest BCUT2D eigenvalue weighted by Gasteiger charge is -2.23. The Morgan fingerprint density at radius 2 is 2.00 bits per heavy atom. The topological polar surface area (TPSA) is 25.4 Å². The maximum atomic E-state index is 5.42. The molecular weight excluding hydrogens is 212 g/mol. The molecule has 0 aromatic carbocycles. The molecule has 0 atom stereocenters. The first kappa shape index (κ1) is 12.5. The van der Waals surface area contributed by atoms with Crippen LogP contribution >= 0.6 is 0 Å². The van der Waals surface area contributed by atoms with Gasteiger partial charge in [-0.3, -0.25) is 4.98 Å². The average molecular weight is 234 g/mol. The second-order valence-corrected chi connectivity index (χ2v) is 5.16. The van der Waals surface area contributed by atoms with Gasteiger partial charge in [0.25, 0.3) is 0 Å². The highest BCUT2D eigenvalue weighted by Crippen LogP contribution is 2.27. The molecule has 0 radical (unpaired) electrons. The lowest BCUT2D eigenvalue weighted by atomic mass is 9.91. The van der Waals surface area contributed by atoms with E-state index in [0.29, 0.717) is 5.92 Å². The van der Waals surface area contributed by atoms with Gasteiger partial charge in [-0.05, 0) is 57.5 Å². The van der Waals surface area contributed by atoms with Crippen LogP contribution in [0.4, 0.5) is 0 Å². The number of aromatic nitrogens is 1. The Morgan fingerprint density at radius 3 is 2.65 bits per heavy atom. The van der Waals surface area contributed by atoms with E-state index in [9.17, 15) is 0 Å². The summed E-state index contributed by atoms with van der Waals surface area (Å²) in [6.45, 7) is 4.80. The van der Waals surface area contributed by atoms with Crippen LogP contribution in [0.1, 0.15) is 35.7 Å². The lowest BCUT2D eigenvalue weighted by molar-refractivity contribution is 0.0853. The molecule has 17 heavy (non-hydrogen) atoms. The Balaban J connectivity index is 2.18. The molecule has 0 amide bonds. The third-order valence-corrected chi connectivity index (χ3v) is 3.20. The van der Waals surface area contributed by atoms with Gasteiger partial charge in [0.15, 0.2) is 0 Å². The van der Waals surface area contributed by atoms with E-state index in [1.54, 1.807) is 0 Å². The van der Waals surface area contributed by atoms with Crippen LogP contribution in [0.2, 0.25) is 0 Å². The molecule has 1 fully saturated rings. The van der Waals surface area contributed by atoms with Crippen LogP contribution in [0.3, 0.4) is 0 Å². The molecule has 94 valence electrons. The zero-order valence-electron chi connectivity index (χ0n) is 11.1. The molecule has 2 heterocycles. The number of rotatable bonds is 3. The van der Waals surface area contributed by atoms with Crippen molar-refractivity contribution in [3.8, 4) is 0 Å². The van der Waals surface area contributed by atoms with Crippen molar-refractivity contribution in [2.75, 3.05) is 27.3 Å². The van der Waals surface area contributed by atoms with Crippen LogP contribution < -0.4 is 0 Å². The predicted octanol–water partition coefficient (Wildman–Crippen LogP) is 2.35. The number of hydrogen-bond donors (Lipinski definition) is 0. The van der Waals surface area contributed by atoms with E-state index in [2.05, 4.69) is 43.0 Å². The van der Waals surface area contributed by atoms with E-state index >= 15 is 0 Å². The number of ether oxygens (including phenoxy) is 1. The highest BCUT2D eigenvalue weighted by Gasteiger charge is 2.17. The van der Waals surface area contributed by atoms with E-state index in [4.69, 9.17) is 4.74 Å². The van der Waals surface area contributed by atoms with Crippen molar-refractivity contribution in [3.05, 3.63) is 29.1 Å². The summed E-state index contributed by atoms with van der Waals surface area (Å²) < 4.78 is 5.42. The first-order valence-electron chi connectivity index (χ1n) is 6.35. The van der Waals surface area contributed by atoms with Crippen LogP contribution in [0.5, 0.6) is 0 Å². The lowest BCUT2D eigenvalue weighted by Crippen LogP contribution is -2.16. The van der Waals surface area contributed by atoms with Crippen LogP contribution in [0.25, 0.3) is 0 Å². The Kier molecular flexibility index (Phi) is 4.13. The van der Waals surface area contributed by atoms with Crippen molar-refractivity contribution in [3.63, 3.8) is 0 Å². The van der Waals surface area contributed by atoms with Gasteiger partial charge < -0.3 is 9.64 Å². The Labute approximate surface area is 104 Å². The second-order valence-electron chi connectivity index (χ2n) is 5.16. The predicted molar refractivity (Wildman–Crippen MR) is 69.2 cm³/mol. The van der Waals surface area contributed by atoms with E-state index in [-0.39, 0.29) is 0 Å². The molecule has 0 saturated carbocycles. The fraction of sp³-hybridized carbons (Fsp3) is 0.643. The molecule has 1 aliphatic heterocycles. The number of pyridine rings is 1. The first-order chi connectivity index (χ1) is 8.15. The molecule has 0 bridgehead atoms. The number of nitrogens with zero attached hydrogens (tertiary/aromatic N) is 2. The van der Waals surface area contributed by atoms with E-state index in [1.807, 2.05) is 0 Å². The van der Waals surface area contributed by atoms with Crippen LogP contribution in [-0.2, 0) is 11.3 Å². The quantitative estimate of drug-likeness (QED) is 0.802. The molecular formula is C14H22N2O. The normalized spacial score (nSPS) is 17.6. The van der Waals surface area contributed by atoms with Crippen LogP contribution in [0, 0.1) is 6.92 Å². The van der Waals surface area contributed by atoms with Gasteiger partial charge in [0.2, 0.25) is 0 Å². The van der Waals surface area contributed by atoms with Crippen LogP contribution in [0.15, 0.2) is 12.1 Å². The SMILES string of the molecule is Cc1cc(C2CCOCC2)cc(CN(C)C)n1. The van der Waals surface area contributed by atoms with Gasteiger partial charge in [-0.1, -0.05) is 0 Å². The largest absolute Gasteiger partial charge is 0.381 e. The summed E-state index contributed by atoms with van der Waals surface area (Å²) in [6.07, 6.45) is 2.29. The van der Waals surface area contributed by atoms with Crippen LogP contribution in [-0.4, -0.2) is 37.2 Å². The molecule has 1 aromatic rings. The van der Waals surface area contributed by atoms with Gasteiger partial charge in [0.05, 0.1) is 5.69 Å². The van der Waals surface area contributed by atoms with Gasteiger partial charge in [-0.15, -0.1) is 0 Å². The third kappa shape index (κ3) is 3.51. The van der Waals surface area contributed by atoms with Gasteiger partial charge in [-0.25, -0.2) is 0 Å². The Morgan fingerprint density at radius 1 is 1.29 bits per heavy atom. The molecule has 0 N–H and O–H groups in total. The summed E-state index contributed by atoms with van der Waals surface area (Å²) in [5, 5.41) is 0. The molecule has 0 unspecified atom stereocenters. The monoisotopic (exact) mass is 234 g/mol. The van der Waals surface area contributed by atoms with E-state index < -0.39 is 0 Å². The van der Waals surface area contributed by atoms with Crippen molar-refractivity contribution in [2.45, 2.75) is 32.2 Å². The fourth-order valence-corrected chi connectivity index (χ4v) is 2.44. The smallest absolute Gasteiger partial charge is 0.0549 e. The summed E-state index contributed by atoms with van der Waals surface area (Å²) in [6, 6.07) is 4.50. The summed E-state index contributed by atoms with van der Waals surface area (Å²) in [4.78, 5) is 6.76. The summed E-state index contributed by atoms with van der Waals surface area (Å²) in [5.74, 6) is 0.659. The average Bonchev–Trinajstić information content (AvgIpc) is 2.28. The molecule has 1 saturated heterocycles. The van der Waals surface area contributed by atoms with Gasteiger partial charge in [-0.2, -0.15) is 0 Å². The molecule has 3 heteroatoms. The maximum Gasteiger partial charge on any atom is 0.0549 e. The Hall–Kier alpha value is -0.930. The second kappa shape index (κ2) is 5.61. The zero-order chi connectivity index (χ0) is 12.3. The molecule has 2 rings (SSSR count). The standard InChI is InChI=1S/C14H22N2O/c1-11-8-13(12-4-6-17-7-5-12)9-14(15-11)10-16(2)3/h8-9,12H,4-7,10H2,1-3H3. The summed E-state index contributed by atoms with van der Waals surface area (Å²) in [7, 11) is 4.16. The minimum Gasteiger partial charge on any atom is -0.381 e. The van der Waals surface area contributed by atoms with Crippen molar-refractivity contribution >= 4 is 0 Å². The zero-order valence-corrected chi connectivity index (χ0v) is 11.1. The van der Waals surface area contributed by atoms with Gasteiger partial charge in [0, 0.05) is 25.5 Å². The summed E-state index contributed by atoms with van der Waals surface area (Å²) in [5.41, 5.74) is 3.75. The number of hydrogen-bond acceptors (Lipinski definition) is 3. The third-order valence-electron chi connectivity index (χ3n) is 3.20. The van der Waals surface area contributed by atoms with Crippen molar-refractivity contribution in [1.82, 2.24) is 9.88 Å². The highest BCUT2D eigenvalue weighted by atomic mass is 16.5. The highest BCUT2D eigenvalue weighted by molar-refractivity contribution is 5.25. The number of aryl methyl sites for hydroxylation is 1. The Bertz CT molecular complexity index is 370. The first-order valence-corrected chi connectivity index (χ1v) is 6.35. The molecule has 3 nitrogen and oxygen atoms in total. The van der Waals surface area contributed by atoms with Crippen molar-refractivity contribution in [2.24, 2.45) is 0 Å². The minimum absolute atomic E-state index is 0.659. The fourth-order valence-electron chi connectivity index (χ4n) is 2.44. The van der Waals surface area contributed by atoms with Crippen molar-refractivity contribution < 1.29 is 4.74 Å². The molecule has 0 aliphatic carbocycles. The molecule has 1 aromatic heterocycles. The molecule has 0 spiro atoms. The van der Waals surface area contributed by atoms with E-state index in [0.717, 1.165) is 38.3 Å². The van der Waals surface area contributed by atoms with Crippen molar-refractivity contribution in [1.29, 1.82) is 0 Å². The van der Waals surface area contributed by atoms with Gasteiger partial charge >= 0.3 is 0 Å². The van der Waals surface area contributed by atoms with E-state index in [1.165, 1.54) is 11.3 Å². The summed E-state index contributed by atoms with van der Waals surface area (Å²) >= 11 is 0. The van der Waals surface area contributed by atoms with Gasteiger partial charge in [0.1, 0.15) is 0 Å². The molecule has 1 aliphatic rings. The minimum atomic E-state index is 0.659.